The lowest BCUT2D eigenvalue weighted by atomic mass is 10.1. The molecular weight excluding hydrogens is 364 g/mol. The maximum Gasteiger partial charge on any atom is 0.410 e. The predicted molar refractivity (Wildman–Crippen MR) is 101 cm³/mol. The number of hydrogen-bond acceptors (Lipinski definition) is 6. The minimum absolute atomic E-state index is 0.0365. The van der Waals surface area contributed by atoms with Crippen LogP contribution in [0.5, 0.6) is 0 Å². The summed E-state index contributed by atoms with van der Waals surface area (Å²) < 4.78 is 12.7. The first kappa shape index (κ1) is 20.6. The third-order valence-electron chi connectivity index (χ3n) is 5.20. The van der Waals surface area contributed by atoms with Crippen LogP contribution in [0.25, 0.3) is 0 Å². The van der Waals surface area contributed by atoms with E-state index in [-0.39, 0.29) is 37.3 Å². The lowest BCUT2D eigenvalue weighted by Crippen LogP contribution is -2.44. The van der Waals surface area contributed by atoms with Gasteiger partial charge in [-0.2, -0.15) is 5.10 Å². The van der Waals surface area contributed by atoms with Crippen LogP contribution in [0, 0.1) is 0 Å². The molecule has 1 aromatic rings. The van der Waals surface area contributed by atoms with Crippen LogP contribution in [-0.2, 0) is 22.6 Å². The van der Waals surface area contributed by atoms with Gasteiger partial charge in [0, 0.05) is 13.6 Å². The van der Waals surface area contributed by atoms with Crippen LogP contribution in [0.15, 0.2) is 6.20 Å². The van der Waals surface area contributed by atoms with Gasteiger partial charge < -0.3 is 24.4 Å². The highest BCUT2D eigenvalue weighted by atomic mass is 16.6. The van der Waals surface area contributed by atoms with E-state index < -0.39 is 5.60 Å². The summed E-state index contributed by atoms with van der Waals surface area (Å²) in [6.45, 7) is 7.43. The molecule has 28 heavy (non-hydrogen) atoms. The fourth-order valence-electron chi connectivity index (χ4n) is 3.35. The van der Waals surface area contributed by atoms with Gasteiger partial charge in [-0.25, -0.2) is 4.79 Å². The van der Waals surface area contributed by atoms with E-state index in [0.717, 1.165) is 18.5 Å². The van der Waals surface area contributed by atoms with E-state index in [1.54, 1.807) is 27.7 Å². The molecule has 0 atom stereocenters. The quantitative estimate of drug-likeness (QED) is 0.730. The van der Waals surface area contributed by atoms with Crippen LogP contribution in [0.3, 0.4) is 0 Å². The van der Waals surface area contributed by atoms with Gasteiger partial charge in [0.1, 0.15) is 5.60 Å². The maximum atomic E-state index is 13.1. The van der Waals surface area contributed by atoms with Crippen LogP contribution in [0.1, 0.15) is 49.7 Å². The van der Waals surface area contributed by atoms with Crippen molar-refractivity contribution in [2.75, 3.05) is 33.4 Å². The number of ether oxygens (including phenoxy) is 2. The first-order valence-electron chi connectivity index (χ1n) is 9.66. The summed E-state index contributed by atoms with van der Waals surface area (Å²) in [6, 6.07) is 0. The Hall–Kier alpha value is -2.13. The molecule has 0 unspecified atom stereocenters. The maximum absolute atomic E-state index is 13.1. The monoisotopic (exact) mass is 394 g/mol. The van der Waals surface area contributed by atoms with E-state index in [4.69, 9.17) is 14.6 Å². The van der Waals surface area contributed by atoms with E-state index >= 15 is 0 Å². The van der Waals surface area contributed by atoms with Crippen molar-refractivity contribution in [2.24, 2.45) is 0 Å². The molecular formula is C19H30N4O5. The molecule has 0 radical (unpaired) electrons. The second-order valence-corrected chi connectivity index (χ2v) is 8.49. The number of aromatic nitrogens is 2. The summed E-state index contributed by atoms with van der Waals surface area (Å²) in [5.74, 6) is -0.127. The van der Waals surface area contributed by atoms with Gasteiger partial charge in [-0.05, 0) is 33.6 Å². The topological polar surface area (TPSA) is 97.1 Å². The molecule has 2 heterocycles. The molecule has 1 saturated carbocycles. The average Bonchev–Trinajstić information content (AvgIpc) is 3.30. The highest BCUT2D eigenvalue weighted by Gasteiger charge is 2.49. The van der Waals surface area contributed by atoms with Gasteiger partial charge in [0.05, 0.1) is 55.9 Å². The molecule has 2 aliphatic rings. The Bertz CT molecular complexity index is 735. The number of fused-ring (bicyclic) bond motifs is 1. The van der Waals surface area contributed by atoms with Crippen LogP contribution in [0.2, 0.25) is 0 Å². The van der Waals surface area contributed by atoms with Crippen molar-refractivity contribution in [1.29, 1.82) is 0 Å². The van der Waals surface area contributed by atoms with Crippen molar-refractivity contribution in [3.63, 3.8) is 0 Å². The Morgan fingerprint density at radius 1 is 1.32 bits per heavy atom. The summed E-state index contributed by atoms with van der Waals surface area (Å²) in [6.07, 6.45) is 2.93. The van der Waals surface area contributed by atoms with Crippen molar-refractivity contribution in [1.82, 2.24) is 19.6 Å². The first-order chi connectivity index (χ1) is 13.2. The van der Waals surface area contributed by atoms with Crippen LogP contribution >= 0.6 is 0 Å². The van der Waals surface area contributed by atoms with Crippen LogP contribution < -0.4 is 0 Å². The Kier molecular flexibility index (Phi) is 5.67. The Morgan fingerprint density at radius 2 is 2.04 bits per heavy atom. The molecule has 1 aromatic heterocycles. The largest absolute Gasteiger partial charge is 0.444 e. The molecule has 2 amide bonds. The van der Waals surface area contributed by atoms with E-state index in [1.807, 2.05) is 20.8 Å². The molecule has 1 aliphatic heterocycles. The van der Waals surface area contributed by atoms with Crippen molar-refractivity contribution in [2.45, 2.75) is 57.8 Å². The number of aliphatic hydroxyl groups is 1. The van der Waals surface area contributed by atoms with Crippen LogP contribution in [0.4, 0.5) is 4.79 Å². The van der Waals surface area contributed by atoms with Gasteiger partial charge in [0.15, 0.2) is 0 Å². The molecule has 9 heteroatoms. The number of amides is 2. The Balaban J connectivity index is 1.71. The summed E-state index contributed by atoms with van der Waals surface area (Å²) >= 11 is 0. The summed E-state index contributed by atoms with van der Waals surface area (Å²) in [5.41, 5.74) is 0.339. The van der Waals surface area contributed by atoms with Crippen molar-refractivity contribution >= 4 is 12.0 Å². The number of nitrogens with zero attached hydrogens (tertiary/aromatic N) is 4. The number of carbonyl (C=O) groups excluding carboxylic acids is 2. The van der Waals surface area contributed by atoms with Gasteiger partial charge >= 0.3 is 6.09 Å². The summed E-state index contributed by atoms with van der Waals surface area (Å²) in [4.78, 5) is 28.9. The molecule has 1 aliphatic carbocycles. The number of aliphatic hydroxyl groups excluding tert-OH is 1. The van der Waals surface area contributed by atoms with Crippen molar-refractivity contribution in [3.8, 4) is 0 Å². The zero-order chi connectivity index (χ0) is 20.5. The standard InChI is InChI=1S/C19H30N4O5/c1-18(2,3)28-17(26)22-7-8-23-15(12-22)14(11-20-23)16(25)21(4)19(5-6-19)13-27-10-9-24/h11,24H,5-10,12-13H2,1-4H3. The molecule has 0 aromatic carbocycles. The highest BCUT2D eigenvalue weighted by molar-refractivity contribution is 5.96. The van der Waals surface area contributed by atoms with Gasteiger partial charge in [0.2, 0.25) is 0 Å². The van der Waals surface area contributed by atoms with Gasteiger partial charge in [-0.15, -0.1) is 0 Å². The molecule has 9 nitrogen and oxygen atoms in total. The van der Waals surface area contributed by atoms with Crippen LogP contribution in [-0.4, -0.2) is 81.2 Å². The van der Waals surface area contributed by atoms with E-state index in [2.05, 4.69) is 5.10 Å². The minimum Gasteiger partial charge on any atom is -0.444 e. The van der Waals surface area contributed by atoms with Gasteiger partial charge in [-0.1, -0.05) is 0 Å². The summed E-state index contributed by atoms with van der Waals surface area (Å²) in [7, 11) is 1.77. The molecule has 0 saturated heterocycles. The molecule has 0 spiro atoms. The fourth-order valence-corrected chi connectivity index (χ4v) is 3.35. The predicted octanol–water partition coefficient (Wildman–Crippen LogP) is 1.25. The number of carbonyl (C=O) groups is 2. The first-order valence-corrected chi connectivity index (χ1v) is 9.66. The summed E-state index contributed by atoms with van der Waals surface area (Å²) in [5, 5.41) is 13.2. The van der Waals surface area contributed by atoms with E-state index in [9.17, 15) is 9.59 Å². The van der Waals surface area contributed by atoms with Crippen molar-refractivity contribution < 1.29 is 24.2 Å². The SMILES string of the molecule is CN(C(=O)c1cnn2c1CN(C(=O)OC(C)(C)C)CC2)C1(COCCO)CC1. The Labute approximate surface area is 165 Å². The Morgan fingerprint density at radius 3 is 2.64 bits per heavy atom. The smallest absolute Gasteiger partial charge is 0.410 e. The zero-order valence-electron chi connectivity index (χ0n) is 17.1. The average molecular weight is 394 g/mol. The van der Waals surface area contributed by atoms with Gasteiger partial charge in [-0.3, -0.25) is 9.48 Å². The minimum atomic E-state index is -0.569. The third kappa shape index (κ3) is 4.30. The molecule has 1 fully saturated rings. The second kappa shape index (κ2) is 7.71. The highest BCUT2D eigenvalue weighted by Crippen LogP contribution is 2.42. The molecule has 3 rings (SSSR count). The van der Waals surface area contributed by atoms with Gasteiger partial charge in [0.25, 0.3) is 5.91 Å². The van der Waals surface area contributed by atoms with Crippen molar-refractivity contribution in [3.05, 3.63) is 17.5 Å². The lowest BCUT2D eigenvalue weighted by molar-refractivity contribution is 0.0189. The number of rotatable bonds is 6. The third-order valence-corrected chi connectivity index (χ3v) is 5.20. The fraction of sp³-hybridized carbons (Fsp3) is 0.737. The molecule has 0 bridgehead atoms. The second-order valence-electron chi connectivity index (χ2n) is 8.49. The number of hydrogen-bond donors (Lipinski definition) is 1. The normalized spacial score (nSPS) is 17.8. The zero-order valence-corrected chi connectivity index (χ0v) is 17.1. The number of likely N-dealkylation sites (N-methyl/N-ethyl adjacent to an activating group) is 1. The molecule has 156 valence electrons. The lowest BCUT2D eigenvalue weighted by Gasteiger charge is -2.32. The van der Waals surface area contributed by atoms with E-state index in [0.29, 0.717) is 25.3 Å². The van der Waals surface area contributed by atoms with E-state index in [1.165, 1.54) is 0 Å². The molecule has 1 N–H and O–H groups in total.